The fraction of sp³-hybridized carbons (Fsp3) is 0.235. The number of rotatable bonds is 4. The van der Waals surface area contributed by atoms with Gasteiger partial charge in [0.25, 0.3) is 0 Å². The van der Waals surface area contributed by atoms with Crippen LogP contribution in [0, 0.1) is 6.92 Å². The van der Waals surface area contributed by atoms with Gasteiger partial charge in [0.05, 0.1) is 6.42 Å². The van der Waals surface area contributed by atoms with E-state index in [4.69, 9.17) is 5.73 Å². The molecule has 1 amide bonds. The molecule has 0 fully saturated rings. The molecular weight excluding hydrogens is 248 g/mol. The van der Waals surface area contributed by atoms with Gasteiger partial charge in [-0.05, 0) is 43.7 Å². The van der Waals surface area contributed by atoms with Crippen molar-refractivity contribution in [1.82, 2.24) is 0 Å². The monoisotopic (exact) mass is 268 g/mol. The van der Waals surface area contributed by atoms with Gasteiger partial charge in [-0.2, -0.15) is 0 Å². The first kappa shape index (κ1) is 14.1. The maximum atomic E-state index is 12.4. The van der Waals surface area contributed by atoms with Crippen molar-refractivity contribution in [1.29, 1.82) is 0 Å². The van der Waals surface area contributed by atoms with Gasteiger partial charge in [-0.3, -0.25) is 4.79 Å². The summed E-state index contributed by atoms with van der Waals surface area (Å²) in [7, 11) is 0. The van der Waals surface area contributed by atoms with Gasteiger partial charge >= 0.3 is 0 Å². The van der Waals surface area contributed by atoms with Crippen molar-refractivity contribution in [2.75, 3.05) is 17.2 Å². The lowest BCUT2D eigenvalue weighted by Crippen LogP contribution is -2.31. The zero-order valence-electron chi connectivity index (χ0n) is 12.0. The van der Waals surface area contributed by atoms with Gasteiger partial charge in [-0.15, -0.1) is 0 Å². The van der Waals surface area contributed by atoms with Gasteiger partial charge in [0.1, 0.15) is 0 Å². The Balaban J connectivity index is 2.15. The van der Waals surface area contributed by atoms with Crippen LogP contribution in [0.5, 0.6) is 0 Å². The Morgan fingerprint density at radius 3 is 2.45 bits per heavy atom. The average Bonchev–Trinajstić information content (AvgIpc) is 2.42. The van der Waals surface area contributed by atoms with Crippen LogP contribution < -0.4 is 10.6 Å². The third-order valence-electron chi connectivity index (χ3n) is 3.27. The molecule has 20 heavy (non-hydrogen) atoms. The number of aryl methyl sites for hydroxylation is 1. The van der Waals surface area contributed by atoms with E-state index in [0.29, 0.717) is 18.7 Å². The molecular formula is C17H20N2O. The van der Waals surface area contributed by atoms with Crippen LogP contribution in [0.3, 0.4) is 0 Å². The highest BCUT2D eigenvalue weighted by Gasteiger charge is 2.14. The molecule has 0 aliphatic rings. The van der Waals surface area contributed by atoms with Gasteiger partial charge in [0.15, 0.2) is 0 Å². The number of carbonyl (C=O) groups excluding carboxylic acids is 1. The minimum absolute atomic E-state index is 0.0851. The molecule has 0 heterocycles. The molecule has 0 aromatic heterocycles. The minimum atomic E-state index is 0.0851. The van der Waals surface area contributed by atoms with Crippen molar-refractivity contribution in [2.24, 2.45) is 0 Å². The summed E-state index contributed by atoms with van der Waals surface area (Å²) in [6, 6.07) is 15.5. The number of benzene rings is 2. The van der Waals surface area contributed by atoms with Crippen LogP contribution in [0.4, 0.5) is 11.4 Å². The number of nitrogen functional groups attached to an aromatic ring is 1. The Morgan fingerprint density at radius 1 is 1.15 bits per heavy atom. The number of likely N-dealkylation sites (N-methyl/N-ethyl adjacent to an activating group) is 1. The van der Waals surface area contributed by atoms with E-state index in [1.54, 1.807) is 4.90 Å². The van der Waals surface area contributed by atoms with Crippen molar-refractivity contribution >= 4 is 17.3 Å². The molecule has 2 aromatic rings. The third kappa shape index (κ3) is 3.38. The maximum Gasteiger partial charge on any atom is 0.231 e. The molecule has 2 aromatic carbocycles. The summed E-state index contributed by atoms with van der Waals surface area (Å²) in [5.41, 5.74) is 9.50. The molecule has 0 saturated heterocycles. The van der Waals surface area contributed by atoms with E-state index >= 15 is 0 Å². The molecule has 0 spiro atoms. The highest BCUT2D eigenvalue weighted by molar-refractivity contribution is 5.94. The summed E-state index contributed by atoms with van der Waals surface area (Å²) in [4.78, 5) is 14.2. The fourth-order valence-corrected chi connectivity index (χ4v) is 2.20. The second-order valence-electron chi connectivity index (χ2n) is 4.90. The van der Waals surface area contributed by atoms with Crippen LogP contribution in [-0.2, 0) is 11.2 Å². The molecule has 0 saturated carbocycles. The van der Waals surface area contributed by atoms with E-state index < -0.39 is 0 Å². The summed E-state index contributed by atoms with van der Waals surface area (Å²) in [5, 5.41) is 0. The Bertz CT molecular complexity index is 590. The average molecular weight is 268 g/mol. The molecule has 0 unspecified atom stereocenters. The van der Waals surface area contributed by atoms with Crippen molar-refractivity contribution < 1.29 is 4.79 Å². The predicted molar refractivity (Wildman–Crippen MR) is 83.8 cm³/mol. The Labute approximate surface area is 120 Å². The summed E-state index contributed by atoms with van der Waals surface area (Å²) in [6.07, 6.45) is 0.368. The molecule has 0 bridgehead atoms. The van der Waals surface area contributed by atoms with Crippen LogP contribution in [0.25, 0.3) is 0 Å². The number of amides is 1. The summed E-state index contributed by atoms with van der Waals surface area (Å²) >= 11 is 0. The second-order valence-corrected chi connectivity index (χ2v) is 4.90. The van der Waals surface area contributed by atoms with Crippen molar-refractivity contribution in [3.05, 3.63) is 59.7 Å². The highest BCUT2D eigenvalue weighted by atomic mass is 16.2. The van der Waals surface area contributed by atoms with E-state index in [-0.39, 0.29) is 5.91 Å². The standard InChI is InChI=1S/C17H20N2O/c1-3-19(16-9-7-13(2)8-10-16)17(20)12-14-5-4-6-15(18)11-14/h4-11H,3,12,18H2,1-2H3. The molecule has 2 rings (SSSR count). The zero-order valence-corrected chi connectivity index (χ0v) is 12.0. The SMILES string of the molecule is CCN(C(=O)Cc1cccc(N)c1)c1ccc(C)cc1. The minimum Gasteiger partial charge on any atom is -0.399 e. The van der Waals surface area contributed by atoms with E-state index in [0.717, 1.165) is 11.3 Å². The lowest BCUT2D eigenvalue weighted by Gasteiger charge is -2.21. The molecule has 3 heteroatoms. The number of hydrogen-bond acceptors (Lipinski definition) is 2. The van der Waals surface area contributed by atoms with Gasteiger partial charge in [-0.25, -0.2) is 0 Å². The summed E-state index contributed by atoms with van der Waals surface area (Å²) in [5.74, 6) is 0.0851. The van der Waals surface area contributed by atoms with E-state index in [2.05, 4.69) is 0 Å². The molecule has 0 aliphatic heterocycles. The van der Waals surface area contributed by atoms with Crippen molar-refractivity contribution in [3.8, 4) is 0 Å². The number of anilines is 2. The first-order valence-corrected chi connectivity index (χ1v) is 6.81. The first-order chi connectivity index (χ1) is 9.60. The van der Waals surface area contributed by atoms with Crippen LogP contribution in [-0.4, -0.2) is 12.5 Å². The number of hydrogen-bond donors (Lipinski definition) is 1. The Morgan fingerprint density at radius 2 is 1.85 bits per heavy atom. The van der Waals surface area contributed by atoms with Crippen LogP contribution in [0.15, 0.2) is 48.5 Å². The van der Waals surface area contributed by atoms with Crippen molar-refractivity contribution in [3.63, 3.8) is 0 Å². The molecule has 0 atom stereocenters. The largest absolute Gasteiger partial charge is 0.399 e. The highest BCUT2D eigenvalue weighted by Crippen LogP contribution is 2.17. The van der Waals surface area contributed by atoms with Crippen LogP contribution in [0.1, 0.15) is 18.1 Å². The zero-order chi connectivity index (χ0) is 14.5. The summed E-state index contributed by atoms with van der Waals surface area (Å²) < 4.78 is 0. The second kappa shape index (κ2) is 6.24. The molecule has 0 aliphatic carbocycles. The Hall–Kier alpha value is -2.29. The third-order valence-corrected chi connectivity index (χ3v) is 3.27. The van der Waals surface area contributed by atoms with Gasteiger partial charge in [0.2, 0.25) is 5.91 Å². The number of carbonyl (C=O) groups is 1. The molecule has 0 radical (unpaired) electrons. The van der Waals surface area contributed by atoms with Crippen LogP contribution >= 0.6 is 0 Å². The lowest BCUT2D eigenvalue weighted by molar-refractivity contribution is -0.117. The van der Waals surface area contributed by atoms with E-state index in [9.17, 15) is 4.79 Å². The molecule has 2 N–H and O–H groups in total. The van der Waals surface area contributed by atoms with E-state index in [1.807, 2.05) is 62.4 Å². The van der Waals surface area contributed by atoms with Crippen molar-refractivity contribution in [2.45, 2.75) is 20.3 Å². The van der Waals surface area contributed by atoms with Gasteiger partial charge in [-0.1, -0.05) is 29.8 Å². The summed E-state index contributed by atoms with van der Waals surface area (Å²) in [6.45, 7) is 4.68. The van der Waals surface area contributed by atoms with E-state index in [1.165, 1.54) is 5.56 Å². The molecule has 104 valence electrons. The quantitative estimate of drug-likeness (QED) is 0.866. The predicted octanol–water partition coefficient (Wildman–Crippen LogP) is 3.17. The number of nitrogens with zero attached hydrogens (tertiary/aromatic N) is 1. The topological polar surface area (TPSA) is 46.3 Å². The fourth-order valence-electron chi connectivity index (χ4n) is 2.20. The first-order valence-electron chi connectivity index (χ1n) is 6.81. The normalized spacial score (nSPS) is 10.3. The number of nitrogens with two attached hydrogens (primary N) is 1. The van der Waals surface area contributed by atoms with Gasteiger partial charge < -0.3 is 10.6 Å². The smallest absolute Gasteiger partial charge is 0.231 e. The van der Waals surface area contributed by atoms with Crippen LogP contribution in [0.2, 0.25) is 0 Å². The lowest BCUT2D eigenvalue weighted by atomic mass is 10.1. The Kier molecular flexibility index (Phi) is 4.41. The van der Waals surface area contributed by atoms with Gasteiger partial charge in [0, 0.05) is 17.9 Å². The maximum absolute atomic E-state index is 12.4. The molecule has 3 nitrogen and oxygen atoms in total.